The quantitative estimate of drug-likeness (QED) is 0.627. The molecule has 0 unspecified atom stereocenters. The molecule has 0 aliphatic carbocycles. The van der Waals surface area contributed by atoms with Crippen LogP contribution in [-0.4, -0.2) is 17.7 Å². The molecule has 0 aliphatic rings. The van der Waals surface area contributed by atoms with Gasteiger partial charge in [0.2, 0.25) is 0 Å². The van der Waals surface area contributed by atoms with Crippen LogP contribution < -0.4 is 0 Å². The Morgan fingerprint density at radius 2 is 1.96 bits per heavy atom. The van der Waals surface area contributed by atoms with Crippen molar-refractivity contribution in [2.75, 3.05) is 6.61 Å². The van der Waals surface area contributed by atoms with E-state index >= 15 is 0 Å². The molecule has 0 aromatic heterocycles. The molecule has 0 atom stereocenters. The lowest BCUT2D eigenvalue weighted by molar-refractivity contribution is -0.138. The van der Waals surface area contributed by atoms with Crippen molar-refractivity contribution < 1.29 is 19.0 Å². The molecule has 0 aliphatic heterocycles. The summed E-state index contributed by atoms with van der Waals surface area (Å²) in [5.74, 6) is -0.633. The second kappa shape index (κ2) is 8.58. The molecule has 3 nitrogen and oxygen atoms in total. The average molecular weight is 342 g/mol. The van der Waals surface area contributed by atoms with E-state index in [-0.39, 0.29) is 25.0 Å². The average Bonchev–Trinajstić information content (AvgIpc) is 2.60. The van der Waals surface area contributed by atoms with E-state index in [0.29, 0.717) is 17.6 Å². The fraction of sp³-hybridized carbons (Fsp3) is 0.286. The maximum Gasteiger partial charge on any atom is 0.333 e. The number of allylic oxidation sites excluding steroid dienone is 1. The summed E-state index contributed by atoms with van der Waals surface area (Å²) in [6.07, 6.45) is 2.15. The van der Waals surface area contributed by atoms with Gasteiger partial charge in [0.15, 0.2) is 0 Å². The van der Waals surface area contributed by atoms with Crippen LogP contribution in [0.5, 0.6) is 0 Å². The number of aryl methyl sites for hydroxylation is 1. The van der Waals surface area contributed by atoms with Crippen molar-refractivity contribution in [3.63, 3.8) is 0 Å². The van der Waals surface area contributed by atoms with E-state index in [1.54, 1.807) is 38.1 Å². The molecule has 0 amide bonds. The smallest absolute Gasteiger partial charge is 0.333 e. The number of benzene rings is 2. The van der Waals surface area contributed by atoms with Gasteiger partial charge in [0.05, 0.1) is 13.2 Å². The number of aliphatic hydroxyl groups is 1. The van der Waals surface area contributed by atoms with Crippen molar-refractivity contribution in [1.82, 2.24) is 0 Å². The van der Waals surface area contributed by atoms with Gasteiger partial charge in [-0.05, 0) is 49.1 Å². The lowest BCUT2D eigenvalue weighted by Crippen LogP contribution is -2.09. The van der Waals surface area contributed by atoms with Gasteiger partial charge < -0.3 is 9.84 Å². The van der Waals surface area contributed by atoms with E-state index in [2.05, 4.69) is 0 Å². The number of halogens is 1. The topological polar surface area (TPSA) is 46.5 Å². The van der Waals surface area contributed by atoms with Gasteiger partial charge in [-0.2, -0.15) is 0 Å². The monoisotopic (exact) mass is 342 g/mol. The SMILES string of the molecule is C/C=C(/C)C(=O)OCCc1cc(-c2ccc(C)cc2F)ccc1CO. The molecule has 0 bridgehead atoms. The Labute approximate surface area is 147 Å². The van der Waals surface area contributed by atoms with Crippen LogP contribution in [0.25, 0.3) is 11.1 Å². The van der Waals surface area contributed by atoms with Gasteiger partial charge in [-0.1, -0.05) is 36.4 Å². The molecule has 0 saturated carbocycles. The zero-order valence-corrected chi connectivity index (χ0v) is 14.8. The van der Waals surface area contributed by atoms with Gasteiger partial charge in [-0.25, -0.2) is 9.18 Å². The van der Waals surface area contributed by atoms with Gasteiger partial charge in [-0.15, -0.1) is 0 Å². The lowest BCUT2D eigenvalue weighted by Gasteiger charge is -2.12. The van der Waals surface area contributed by atoms with Crippen LogP contribution in [0.3, 0.4) is 0 Å². The van der Waals surface area contributed by atoms with E-state index in [0.717, 1.165) is 22.3 Å². The van der Waals surface area contributed by atoms with Gasteiger partial charge in [-0.3, -0.25) is 0 Å². The molecule has 2 aromatic carbocycles. The highest BCUT2D eigenvalue weighted by molar-refractivity contribution is 5.87. The molecule has 25 heavy (non-hydrogen) atoms. The maximum atomic E-state index is 14.2. The highest BCUT2D eigenvalue weighted by Gasteiger charge is 2.10. The first-order valence-electron chi connectivity index (χ1n) is 8.25. The molecule has 132 valence electrons. The summed E-state index contributed by atoms with van der Waals surface area (Å²) < 4.78 is 19.4. The number of carbonyl (C=O) groups excluding carboxylic acids is 1. The van der Waals surface area contributed by atoms with E-state index in [1.165, 1.54) is 6.07 Å². The Morgan fingerprint density at radius 1 is 1.20 bits per heavy atom. The first kappa shape index (κ1) is 18.9. The van der Waals surface area contributed by atoms with E-state index in [9.17, 15) is 14.3 Å². The standard InChI is InChI=1S/C21H23FO3/c1-4-15(3)21(24)25-10-9-16-12-17(6-7-18(16)13-23)19-8-5-14(2)11-20(19)22/h4-8,11-12,23H,9-10,13H2,1-3H3/b15-4-. The molecular formula is C21H23FO3. The number of aliphatic hydroxyl groups excluding tert-OH is 1. The van der Waals surface area contributed by atoms with Crippen molar-refractivity contribution in [2.45, 2.75) is 33.8 Å². The third kappa shape index (κ3) is 4.77. The van der Waals surface area contributed by atoms with Crippen LogP contribution in [0, 0.1) is 12.7 Å². The minimum Gasteiger partial charge on any atom is -0.462 e. The third-order valence-electron chi connectivity index (χ3n) is 4.17. The number of carbonyl (C=O) groups is 1. The molecule has 0 fully saturated rings. The fourth-order valence-corrected chi connectivity index (χ4v) is 2.52. The summed E-state index contributed by atoms with van der Waals surface area (Å²) >= 11 is 0. The molecular weight excluding hydrogens is 319 g/mol. The van der Waals surface area contributed by atoms with Gasteiger partial charge >= 0.3 is 5.97 Å². The van der Waals surface area contributed by atoms with Crippen molar-refractivity contribution >= 4 is 5.97 Å². The predicted octanol–water partition coefficient (Wildman–Crippen LogP) is 4.35. The Bertz CT molecular complexity index is 794. The van der Waals surface area contributed by atoms with Gasteiger partial charge in [0.1, 0.15) is 5.82 Å². The van der Waals surface area contributed by atoms with Crippen LogP contribution >= 0.6 is 0 Å². The predicted molar refractivity (Wildman–Crippen MR) is 96.6 cm³/mol. The molecule has 2 rings (SSSR count). The number of rotatable bonds is 6. The minimum absolute atomic E-state index is 0.117. The Hall–Kier alpha value is -2.46. The summed E-state index contributed by atoms with van der Waals surface area (Å²) in [6, 6.07) is 10.5. The van der Waals surface area contributed by atoms with Gasteiger partial charge in [0.25, 0.3) is 0 Å². The Kier molecular flexibility index (Phi) is 6.48. The summed E-state index contributed by atoms with van der Waals surface area (Å²) in [7, 11) is 0. The first-order chi connectivity index (χ1) is 12.0. The lowest BCUT2D eigenvalue weighted by atomic mass is 9.97. The summed E-state index contributed by atoms with van der Waals surface area (Å²) in [6.45, 7) is 5.40. The van der Waals surface area contributed by atoms with Crippen LogP contribution in [0.2, 0.25) is 0 Å². The van der Waals surface area contributed by atoms with Crippen molar-refractivity contribution in [3.05, 3.63) is 70.6 Å². The van der Waals surface area contributed by atoms with E-state index < -0.39 is 0 Å². The summed E-state index contributed by atoms with van der Waals surface area (Å²) in [4.78, 5) is 11.7. The number of esters is 1. The summed E-state index contributed by atoms with van der Waals surface area (Å²) in [5, 5.41) is 9.51. The zero-order valence-electron chi connectivity index (χ0n) is 14.8. The molecule has 0 radical (unpaired) electrons. The molecule has 0 saturated heterocycles. The molecule has 0 heterocycles. The number of ether oxygens (including phenoxy) is 1. The highest BCUT2D eigenvalue weighted by Crippen LogP contribution is 2.26. The first-order valence-corrected chi connectivity index (χ1v) is 8.25. The van der Waals surface area contributed by atoms with E-state index in [1.807, 2.05) is 19.1 Å². The van der Waals surface area contributed by atoms with Crippen molar-refractivity contribution in [3.8, 4) is 11.1 Å². The molecule has 1 N–H and O–H groups in total. The number of hydrogen-bond donors (Lipinski definition) is 1. The highest BCUT2D eigenvalue weighted by atomic mass is 19.1. The maximum absolute atomic E-state index is 14.2. The number of hydrogen-bond acceptors (Lipinski definition) is 3. The molecule has 2 aromatic rings. The fourth-order valence-electron chi connectivity index (χ4n) is 2.52. The second-order valence-corrected chi connectivity index (χ2v) is 5.98. The van der Waals surface area contributed by atoms with Crippen LogP contribution in [0.1, 0.15) is 30.5 Å². The summed E-state index contributed by atoms with van der Waals surface area (Å²) in [5.41, 5.74) is 4.25. The van der Waals surface area contributed by atoms with Crippen LogP contribution in [-0.2, 0) is 22.6 Å². The third-order valence-corrected chi connectivity index (χ3v) is 4.17. The normalized spacial score (nSPS) is 11.5. The van der Waals surface area contributed by atoms with Crippen LogP contribution in [0.15, 0.2) is 48.0 Å². The van der Waals surface area contributed by atoms with Gasteiger partial charge in [0, 0.05) is 17.6 Å². The Morgan fingerprint density at radius 3 is 2.60 bits per heavy atom. The minimum atomic E-state index is -0.353. The zero-order chi connectivity index (χ0) is 18.4. The molecule has 0 spiro atoms. The van der Waals surface area contributed by atoms with Crippen molar-refractivity contribution in [1.29, 1.82) is 0 Å². The van der Waals surface area contributed by atoms with Crippen molar-refractivity contribution in [2.24, 2.45) is 0 Å². The molecule has 4 heteroatoms. The largest absolute Gasteiger partial charge is 0.462 e. The van der Waals surface area contributed by atoms with E-state index in [4.69, 9.17) is 4.74 Å². The van der Waals surface area contributed by atoms with Crippen LogP contribution in [0.4, 0.5) is 4.39 Å². The second-order valence-electron chi connectivity index (χ2n) is 5.98. The Balaban J connectivity index is 2.21.